The Morgan fingerprint density at radius 2 is 1.81 bits per heavy atom. The molecule has 3 nitrogen and oxygen atoms in total. The van der Waals surface area contributed by atoms with Crippen molar-refractivity contribution in [1.29, 1.82) is 0 Å². The Labute approximate surface area is 91.8 Å². The maximum Gasteiger partial charge on any atom is 0.255 e. The Morgan fingerprint density at radius 3 is 2.69 bits per heavy atom. The van der Waals surface area contributed by atoms with E-state index in [1.807, 2.05) is 37.3 Å². The highest BCUT2D eigenvalue weighted by Crippen LogP contribution is 2.21. The number of H-pyrrole nitrogens is 1. The summed E-state index contributed by atoms with van der Waals surface area (Å²) >= 11 is 0. The SMILES string of the molecule is Cc1ccc2c(ccc3c(=O)[nH]ccc32)n1. The van der Waals surface area contributed by atoms with Crippen LogP contribution in [0.3, 0.4) is 0 Å². The fourth-order valence-corrected chi connectivity index (χ4v) is 1.98. The van der Waals surface area contributed by atoms with Crippen LogP contribution in [0.5, 0.6) is 0 Å². The van der Waals surface area contributed by atoms with Gasteiger partial charge in [-0.3, -0.25) is 9.78 Å². The van der Waals surface area contributed by atoms with Crippen LogP contribution in [0.2, 0.25) is 0 Å². The zero-order valence-electron chi connectivity index (χ0n) is 8.82. The third-order valence-electron chi connectivity index (χ3n) is 2.76. The van der Waals surface area contributed by atoms with E-state index in [2.05, 4.69) is 9.97 Å². The molecule has 0 aliphatic heterocycles. The summed E-state index contributed by atoms with van der Waals surface area (Å²) in [5.74, 6) is 0. The van der Waals surface area contributed by atoms with Gasteiger partial charge in [-0.15, -0.1) is 0 Å². The Morgan fingerprint density at radius 1 is 1.00 bits per heavy atom. The molecular formula is C13H10N2O. The number of benzene rings is 1. The van der Waals surface area contributed by atoms with Crippen LogP contribution in [-0.4, -0.2) is 9.97 Å². The number of pyridine rings is 2. The maximum absolute atomic E-state index is 11.6. The van der Waals surface area contributed by atoms with Crippen LogP contribution >= 0.6 is 0 Å². The van der Waals surface area contributed by atoms with Gasteiger partial charge >= 0.3 is 0 Å². The van der Waals surface area contributed by atoms with E-state index in [9.17, 15) is 4.79 Å². The Bertz CT molecular complexity index is 744. The van der Waals surface area contributed by atoms with Crippen molar-refractivity contribution >= 4 is 21.7 Å². The van der Waals surface area contributed by atoms with Crippen molar-refractivity contribution in [3.05, 3.63) is 52.6 Å². The molecule has 16 heavy (non-hydrogen) atoms. The van der Waals surface area contributed by atoms with Crippen molar-refractivity contribution in [3.8, 4) is 0 Å². The standard InChI is InChI=1S/C13H10N2O/c1-8-2-3-10-9-6-7-14-13(16)11(9)4-5-12(10)15-8/h2-7H,1H3,(H,14,16). The van der Waals surface area contributed by atoms with Crippen molar-refractivity contribution in [2.45, 2.75) is 6.92 Å². The highest BCUT2D eigenvalue weighted by atomic mass is 16.1. The molecule has 0 aliphatic carbocycles. The van der Waals surface area contributed by atoms with Gasteiger partial charge in [0.05, 0.1) is 5.52 Å². The van der Waals surface area contributed by atoms with E-state index in [1.54, 1.807) is 6.20 Å². The molecule has 0 aliphatic rings. The number of hydrogen-bond acceptors (Lipinski definition) is 2. The number of rotatable bonds is 0. The van der Waals surface area contributed by atoms with Gasteiger partial charge in [-0.1, -0.05) is 6.07 Å². The molecule has 0 bridgehead atoms. The van der Waals surface area contributed by atoms with Gasteiger partial charge in [-0.25, -0.2) is 0 Å². The van der Waals surface area contributed by atoms with Gasteiger partial charge in [-0.05, 0) is 36.6 Å². The second-order valence-electron chi connectivity index (χ2n) is 3.85. The van der Waals surface area contributed by atoms with Crippen LogP contribution < -0.4 is 5.56 Å². The quantitative estimate of drug-likeness (QED) is 0.579. The molecule has 3 aromatic rings. The minimum atomic E-state index is -0.0556. The van der Waals surface area contributed by atoms with E-state index < -0.39 is 0 Å². The lowest BCUT2D eigenvalue weighted by Crippen LogP contribution is -2.04. The number of hydrogen-bond donors (Lipinski definition) is 1. The first-order valence-corrected chi connectivity index (χ1v) is 5.13. The van der Waals surface area contributed by atoms with Crippen molar-refractivity contribution in [2.24, 2.45) is 0 Å². The van der Waals surface area contributed by atoms with Crippen LogP contribution in [0.15, 0.2) is 41.3 Å². The molecule has 0 spiro atoms. The number of nitrogens with one attached hydrogen (secondary N) is 1. The second kappa shape index (κ2) is 3.17. The molecular weight excluding hydrogens is 200 g/mol. The first-order chi connectivity index (χ1) is 7.75. The lowest BCUT2D eigenvalue weighted by Gasteiger charge is -2.02. The second-order valence-corrected chi connectivity index (χ2v) is 3.85. The molecule has 0 unspecified atom stereocenters. The van der Waals surface area contributed by atoms with Crippen LogP contribution in [-0.2, 0) is 0 Å². The van der Waals surface area contributed by atoms with Gasteiger partial charge in [-0.2, -0.15) is 0 Å². The number of nitrogens with zero attached hydrogens (tertiary/aromatic N) is 1. The molecule has 0 amide bonds. The lowest BCUT2D eigenvalue weighted by atomic mass is 10.1. The molecule has 3 heteroatoms. The van der Waals surface area contributed by atoms with Gasteiger partial charge < -0.3 is 4.98 Å². The zero-order chi connectivity index (χ0) is 11.1. The van der Waals surface area contributed by atoms with Gasteiger partial charge in [0.1, 0.15) is 0 Å². The fourth-order valence-electron chi connectivity index (χ4n) is 1.98. The monoisotopic (exact) mass is 210 g/mol. The summed E-state index contributed by atoms with van der Waals surface area (Å²) in [7, 11) is 0. The zero-order valence-corrected chi connectivity index (χ0v) is 8.82. The lowest BCUT2D eigenvalue weighted by molar-refractivity contribution is 1.25. The smallest absolute Gasteiger partial charge is 0.255 e. The average Bonchev–Trinajstić information content (AvgIpc) is 2.28. The van der Waals surface area contributed by atoms with E-state index in [-0.39, 0.29) is 5.56 Å². The van der Waals surface area contributed by atoms with E-state index in [1.165, 1.54) is 0 Å². The van der Waals surface area contributed by atoms with Crippen molar-refractivity contribution < 1.29 is 0 Å². The summed E-state index contributed by atoms with van der Waals surface area (Å²) in [4.78, 5) is 18.7. The molecule has 1 aromatic carbocycles. The summed E-state index contributed by atoms with van der Waals surface area (Å²) in [6, 6.07) is 9.60. The molecule has 78 valence electrons. The number of aromatic nitrogens is 2. The Kier molecular flexibility index (Phi) is 1.80. The first-order valence-electron chi connectivity index (χ1n) is 5.13. The van der Waals surface area contributed by atoms with Crippen molar-refractivity contribution in [1.82, 2.24) is 9.97 Å². The minimum Gasteiger partial charge on any atom is -0.329 e. The van der Waals surface area contributed by atoms with Crippen LogP contribution in [0.1, 0.15) is 5.69 Å². The van der Waals surface area contributed by atoms with Crippen LogP contribution in [0.4, 0.5) is 0 Å². The minimum absolute atomic E-state index is 0.0556. The van der Waals surface area contributed by atoms with Gasteiger partial charge in [0.2, 0.25) is 0 Å². The van der Waals surface area contributed by atoms with E-state index in [0.29, 0.717) is 5.39 Å². The van der Waals surface area contributed by atoms with Crippen molar-refractivity contribution in [2.75, 3.05) is 0 Å². The normalized spacial score (nSPS) is 11.1. The third-order valence-corrected chi connectivity index (χ3v) is 2.76. The Balaban J connectivity index is 2.60. The Hall–Kier alpha value is -2.16. The van der Waals surface area contributed by atoms with E-state index >= 15 is 0 Å². The van der Waals surface area contributed by atoms with Gasteiger partial charge in [0.15, 0.2) is 0 Å². The highest BCUT2D eigenvalue weighted by molar-refractivity contribution is 6.05. The summed E-state index contributed by atoms with van der Waals surface area (Å²) < 4.78 is 0. The number of fused-ring (bicyclic) bond motifs is 3. The molecule has 0 radical (unpaired) electrons. The predicted molar refractivity (Wildman–Crippen MR) is 64.6 cm³/mol. The highest BCUT2D eigenvalue weighted by Gasteiger charge is 2.03. The molecule has 0 saturated heterocycles. The third kappa shape index (κ3) is 1.21. The molecule has 2 aromatic heterocycles. The molecule has 0 atom stereocenters. The molecule has 3 rings (SSSR count). The molecule has 1 N–H and O–H groups in total. The average molecular weight is 210 g/mol. The van der Waals surface area contributed by atoms with Crippen molar-refractivity contribution in [3.63, 3.8) is 0 Å². The van der Waals surface area contributed by atoms with E-state index in [0.717, 1.165) is 22.0 Å². The topological polar surface area (TPSA) is 45.8 Å². The van der Waals surface area contributed by atoms with Gasteiger partial charge in [0, 0.05) is 22.7 Å². The van der Waals surface area contributed by atoms with Gasteiger partial charge in [0.25, 0.3) is 5.56 Å². The summed E-state index contributed by atoms with van der Waals surface area (Å²) in [5.41, 5.74) is 1.86. The number of aryl methyl sites for hydroxylation is 1. The largest absolute Gasteiger partial charge is 0.329 e. The summed E-state index contributed by atoms with van der Waals surface area (Å²) in [6.07, 6.45) is 1.67. The predicted octanol–water partition coefficient (Wildman–Crippen LogP) is 2.38. The summed E-state index contributed by atoms with van der Waals surface area (Å²) in [5, 5.41) is 2.68. The summed E-state index contributed by atoms with van der Waals surface area (Å²) in [6.45, 7) is 1.96. The fraction of sp³-hybridized carbons (Fsp3) is 0.0769. The first kappa shape index (κ1) is 9.09. The molecule has 2 heterocycles. The van der Waals surface area contributed by atoms with E-state index in [4.69, 9.17) is 0 Å². The van der Waals surface area contributed by atoms with Crippen LogP contribution in [0, 0.1) is 6.92 Å². The van der Waals surface area contributed by atoms with Crippen LogP contribution in [0.25, 0.3) is 21.7 Å². The molecule has 0 saturated carbocycles. The number of aromatic amines is 1. The molecule has 0 fully saturated rings. The maximum atomic E-state index is 11.6.